The maximum absolute atomic E-state index is 13.4. The lowest BCUT2D eigenvalue weighted by Gasteiger charge is -2.29. The molecule has 0 radical (unpaired) electrons. The molecule has 36 heavy (non-hydrogen) atoms. The van der Waals surface area contributed by atoms with Crippen LogP contribution in [-0.4, -0.2) is 35.0 Å². The highest BCUT2D eigenvalue weighted by Crippen LogP contribution is 2.38. The quantitative estimate of drug-likeness (QED) is 0.420. The number of ether oxygens (including phenoxy) is 1. The Balaban J connectivity index is 1.58. The van der Waals surface area contributed by atoms with Crippen LogP contribution in [0.4, 0.5) is 13.2 Å². The molecule has 0 saturated heterocycles. The van der Waals surface area contributed by atoms with Crippen molar-refractivity contribution >= 4 is 11.9 Å². The number of carboxylic acid groups (broad SMARTS) is 1. The number of benzene rings is 3. The summed E-state index contributed by atoms with van der Waals surface area (Å²) in [6.07, 6.45) is -3.12. The van der Waals surface area contributed by atoms with Crippen molar-refractivity contribution < 1.29 is 32.6 Å². The van der Waals surface area contributed by atoms with Crippen LogP contribution in [0.3, 0.4) is 0 Å². The van der Waals surface area contributed by atoms with Crippen LogP contribution in [-0.2, 0) is 28.6 Å². The van der Waals surface area contributed by atoms with Crippen LogP contribution in [0.15, 0.2) is 66.7 Å². The number of aryl methyl sites for hydroxylation is 1. The zero-order chi connectivity index (χ0) is 25.9. The highest BCUT2D eigenvalue weighted by atomic mass is 19.4. The molecular weight excluding hydrogens is 471 g/mol. The Kier molecular flexibility index (Phi) is 7.33. The highest BCUT2D eigenvalue weighted by molar-refractivity contribution is 5.75. The van der Waals surface area contributed by atoms with E-state index in [-0.39, 0.29) is 37.3 Å². The molecule has 0 aliphatic heterocycles. The molecule has 1 aliphatic carbocycles. The monoisotopic (exact) mass is 497 g/mol. The summed E-state index contributed by atoms with van der Waals surface area (Å²) in [7, 11) is 0. The van der Waals surface area contributed by atoms with Gasteiger partial charge in [0.25, 0.3) is 0 Å². The van der Waals surface area contributed by atoms with Crippen LogP contribution in [0.25, 0.3) is 11.1 Å². The molecule has 188 valence electrons. The van der Waals surface area contributed by atoms with E-state index >= 15 is 0 Å². The van der Waals surface area contributed by atoms with Crippen LogP contribution >= 0.6 is 0 Å². The first-order valence-electron chi connectivity index (χ1n) is 11.6. The number of carboxylic acids is 1. The number of carbonyl (C=O) groups is 2. The summed E-state index contributed by atoms with van der Waals surface area (Å²) >= 11 is 0. The van der Waals surface area contributed by atoms with Gasteiger partial charge in [0.05, 0.1) is 24.6 Å². The van der Waals surface area contributed by atoms with Crippen LogP contribution in [0.5, 0.6) is 5.75 Å². The number of rotatable bonds is 8. The summed E-state index contributed by atoms with van der Waals surface area (Å²) in [6, 6.07) is 17.7. The van der Waals surface area contributed by atoms with Crippen molar-refractivity contribution in [1.82, 2.24) is 4.90 Å². The van der Waals surface area contributed by atoms with E-state index in [2.05, 4.69) is 0 Å². The number of hydrogen-bond donors (Lipinski definition) is 1. The van der Waals surface area contributed by atoms with E-state index < -0.39 is 17.7 Å². The standard InChI is InChI=1S/C28H26F3NO4/c1-18(33)32(25-12-9-20-6-2-3-8-23(20)25)13-14-36-26-17-22(28(29,30)31)10-11-24(26)21-7-4-5-19(15-21)16-27(34)35/h2-8,10-11,15,17,25H,9,12-14,16H2,1H3,(H,34,35)/t25-/m1/s1. The summed E-state index contributed by atoms with van der Waals surface area (Å²) in [6.45, 7) is 1.69. The number of alkyl halides is 3. The van der Waals surface area contributed by atoms with Gasteiger partial charge in [0.1, 0.15) is 12.4 Å². The first-order chi connectivity index (χ1) is 17.1. The lowest BCUT2D eigenvalue weighted by Crippen LogP contribution is -2.35. The normalized spacial score (nSPS) is 14.8. The van der Waals surface area contributed by atoms with Gasteiger partial charge in [0.2, 0.25) is 5.91 Å². The van der Waals surface area contributed by atoms with Crippen LogP contribution in [0.1, 0.15) is 41.6 Å². The zero-order valence-corrected chi connectivity index (χ0v) is 19.7. The fourth-order valence-electron chi connectivity index (χ4n) is 4.73. The number of amides is 1. The molecule has 0 saturated carbocycles. The fourth-order valence-corrected chi connectivity index (χ4v) is 4.73. The van der Waals surface area contributed by atoms with Crippen molar-refractivity contribution in [2.75, 3.05) is 13.2 Å². The molecule has 4 rings (SSSR count). The first-order valence-corrected chi connectivity index (χ1v) is 11.6. The third-order valence-electron chi connectivity index (χ3n) is 6.37. The number of nitrogens with zero attached hydrogens (tertiary/aromatic N) is 1. The van der Waals surface area contributed by atoms with E-state index in [4.69, 9.17) is 9.84 Å². The topological polar surface area (TPSA) is 66.8 Å². The molecule has 0 aromatic heterocycles. The Hall–Kier alpha value is -3.81. The molecule has 1 amide bonds. The van der Waals surface area contributed by atoms with Crippen molar-refractivity contribution in [3.8, 4) is 16.9 Å². The Morgan fingerprint density at radius 2 is 1.83 bits per heavy atom. The summed E-state index contributed by atoms with van der Waals surface area (Å²) in [4.78, 5) is 25.3. The summed E-state index contributed by atoms with van der Waals surface area (Å²) in [5, 5.41) is 9.09. The Morgan fingerprint density at radius 3 is 2.56 bits per heavy atom. The Bertz CT molecular complexity index is 1270. The Morgan fingerprint density at radius 1 is 1.06 bits per heavy atom. The molecule has 3 aromatic rings. The predicted octanol–water partition coefficient (Wildman–Crippen LogP) is 5.91. The minimum absolute atomic E-state index is 0.00136. The van der Waals surface area contributed by atoms with Crippen molar-refractivity contribution in [2.45, 2.75) is 38.4 Å². The van der Waals surface area contributed by atoms with E-state index in [1.165, 1.54) is 18.6 Å². The van der Waals surface area contributed by atoms with E-state index in [1.54, 1.807) is 29.2 Å². The van der Waals surface area contributed by atoms with Gasteiger partial charge < -0.3 is 14.7 Å². The maximum atomic E-state index is 13.4. The summed E-state index contributed by atoms with van der Waals surface area (Å²) in [5.74, 6) is -1.12. The van der Waals surface area contributed by atoms with Gasteiger partial charge in [-0.1, -0.05) is 54.6 Å². The minimum atomic E-state index is -4.55. The van der Waals surface area contributed by atoms with E-state index in [0.29, 0.717) is 16.7 Å². The average molecular weight is 498 g/mol. The van der Waals surface area contributed by atoms with Crippen LogP contribution in [0, 0.1) is 0 Å². The third kappa shape index (κ3) is 5.70. The molecule has 1 N–H and O–H groups in total. The van der Waals surface area contributed by atoms with Crippen molar-refractivity contribution in [2.24, 2.45) is 0 Å². The lowest BCUT2D eigenvalue weighted by molar-refractivity contribution is -0.138. The molecule has 0 fully saturated rings. The van der Waals surface area contributed by atoms with Gasteiger partial charge in [-0.15, -0.1) is 0 Å². The second kappa shape index (κ2) is 10.4. The van der Waals surface area contributed by atoms with E-state index in [1.807, 2.05) is 24.3 Å². The lowest BCUT2D eigenvalue weighted by atomic mass is 9.99. The predicted molar refractivity (Wildman–Crippen MR) is 129 cm³/mol. The fraction of sp³-hybridized carbons (Fsp3) is 0.286. The molecular formula is C28H26F3NO4. The zero-order valence-electron chi connectivity index (χ0n) is 19.7. The van der Waals surface area contributed by atoms with Crippen molar-refractivity contribution in [1.29, 1.82) is 0 Å². The van der Waals surface area contributed by atoms with Gasteiger partial charge in [0.15, 0.2) is 0 Å². The van der Waals surface area contributed by atoms with Crippen LogP contribution < -0.4 is 4.74 Å². The second-order valence-corrected chi connectivity index (χ2v) is 8.79. The maximum Gasteiger partial charge on any atom is 0.416 e. The number of aliphatic carboxylic acids is 1. The summed E-state index contributed by atoms with van der Waals surface area (Å²) < 4.78 is 46.2. The van der Waals surface area contributed by atoms with Gasteiger partial charge in [-0.25, -0.2) is 0 Å². The van der Waals surface area contributed by atoms with Gasteiger partial charge >= 0.3 is 12.1 Å². The number of hydrogen-bond acceptors (Lipinski definition) is 3. The molecule has 3 aromatic carbocycles. The molecule has 0 spiro atoms. The van der Waals surface area contributed by atoms with E-state index in [0.717, 1.165) is 30.5 Å². The number of carbonyl (C=O) groups excluding carboxylic acids is 1. The minimum Gasteiger partial charge on any atom is -0.491 e. The SMILES string of the molecule is CC(=O)N(CCOc1cc(C(F)(F)F)ccc1-c1cccc(CC(=O)O)c1)[C@@H]1CCc2ccccc21. The van der Waals surface area contributed by atoms with Gasteiger partial charge in [-0.3, -0.25) is 9.59 Å². The van der Waals surface area contributed by atoms with Crippen LogP contribution in [0.2, 0.25) is 0 Å². The van der Waals surface area contributed by atoms with Crippen molar-refractivity contribution in [3.05, 3.63) is 89.0 Å². The molecule has 0 bridgehead atoms. The average Bonchev–Trinajstić information content (AvgIpc) is 3.24. The molecule has 8 heteroatoms. The van der Waals surface area contributed by atoms with Gasteiger partial charge in [-0.2, -0.15) is 13.2 Å². The highest BCUT2D eigenvalue weighted by Gasteiger charge is 2.32. The largest absolute Gasteiger partial charge is 0.491 e. The van der Waals surface area contributed by atoms with Gasteiger partial charge in [0, 0.05) is 12.5 Å². The molecule has 1 aliphatic rings. The molecule has 0 heterocycles. The first kappa shape index (κ1) is 25.3. The molecule has 1 atom stereocenters. The molecule has 5 nitrogen and oxygen atoms in total. The second-order valence-electron chi connectivity index (χ2n) is 8.79. The number of halogens is 3. The smallest absolute Gasteiger partial charge is 0.416 e. The Labute approximate surface area is 207 Å². The molecule has 0 unspecified atom stereocenters. The van der Waals surface area contributed by atoms with Crippen molar-refractivity contribution in [3.63, 3.8) is 0 Å². The third-order valence-corrected chi connectivity index (χ3v) is 6.37. The van der Waals surface area contributed by atoms with E-state index in [9.17, 15) is 22.8 Å². The summed E-state index contributed by atoms with van der Waals surface area (Å²) in [5.41, 5.74) is 2.91. The van der Waals surface area contributed by atoms with Gasteiger partial charge in [-0.05, 0) is 47.2 Å². The number of fused-ring (bicyclic) bond motifs is 1.